The maximum atomic E-state index is 12.9. The molecule has 0 atom stereocenters. The van der Waals surface area contributed by atoms with Crippen molar-refractivity contribution in [1.29, 1.82) is 0 Å². The molecular formula is C19H16Cl2N4O. The average molecular weight is 387 g/mol. The topological polar surface area (TPSA) is 58.1 Å². The molecule has 26 heavy (non-hydrogen) atoms. The quantitative estimate of drug-likeness (QED) is 0.654. The summed E-state index contributed by atoms with van der Waals surface area (Å²) in [6, 6.07) is 16.1. The van der Waals surface area contributed by atoms with Gasteiger partial charge in [0.1, 0.15) is 5.69 Å². The van der Waals surface area contributed by atoms with Crippen molar-refractivity contribution in [3.8, 4) is 0 Å². The summed E-state index contributed by atoms with van der Waals surface area (Å²) in [6.45, 7) is 2.44. The Morgan fingerprint density at radius 3 is 2.58 bits per heavy atom. The number of carbonyl (C=O) groups is 1. The van der Waals surface area contributed by atoms with Crippen LogP contribution in [0.4, 0.5) is 17.3 Å². The van der Waals surface area contributed by atoms with E-state index in [1.807, 2.05) is 37.3 Å². The van der Waals surface area contributed by atoms with Crippen molar-refractivity contribution in [3.05, 3.63) is 76.5 Å². The van der Waals surface area contributed by atoms with Crippen molar-refractivity contribution in [2.75, 3.05) is 16.8 Å². The number of amides is 1. The lowest BCUT2D eigenvalue weighted by Crippen LogP contribution is -2.31. The van der Waals surface area contributed by atoms with Gasteiger partial charge in [-0.2, -0.15) is 0 Å². The molecular weight excluding hydrogens is 371 g/mol. The minimum atomic E-state index is -0.202. The van der Waals surface area contributed by atoms with Gasteiger partial charge < -0.3 is 10.2 Å². The van der Waals surface area contributed by atoms with E-state index < -0.39 is 0 Å². The van der Waals surface area contributed by atoms with E-state index >= 15 is 0 Å². The number of anilines is 3. The minimum absolute atomic E-state index is 0.202. The Morgan fingerprint density at radius 1 is 1.12 bits per heavy atom. The van der Waals surface area contributed by atoms with Gasteiger partial charge >= 0.3 is 0 Å². The van der Waals surface area contributed by atoms with Crippen LogP contribution in [-0.4, -0.2) is 22.4 Å². The second-order valence-electron chi connectivity index (χ2n) is 5.40. The van der Waals surface area contributed by atoms with Gasteiger partial charge in [0.05, 0.1) is 10.7 Å². The Labute approximate surface area is 161 Å². The second-order valence-corrected chi connectivity index (χ2v) is 6.24. The third-order valence-corrected chi connectivity index (χ3v) is 4.23. The molecule has 0 unspecified atom stereocenters. The molecule has 0 bridgehead atoms. The summed E-state index contributed by atoms with van der Waals surface area (Å²) in [5.41, 5.74) is 1.71. The van der Waals surface area contributed by atoms with Crippen LogP contribution in [0.15, 0.2) is 60.8 Å². The number of rotatable bonds is 5. The number of carbonyl (C=O) groups excluding carboxylic acids is 1. The molecule has 2 aromatic carbocycles. The van der Waals surface area contributed by atoms with Crippen molar-refractivity contribution in [2.24, 2.45) is 0 Å². The van der Waals surface area contributed by atoms with E-state index in [9.17, 15) is 4.79 Å². The van der Waals surface area contributed by atoms with Crippen LogP contribution >= 0.6 is 23.2 Å². The molecule has 1 amide bonds. The molecule has 0 aliphatic rings. The van der Waals surface area contributed by atoms with E-state index in [1.54, 1.807) is 29.2 Å². The second kappa shape index (κ2) is 8.17. The Kier molecular flexibility index (Phi) is 5.71. The molecule has 1 heterocycles. The Morgan fingerprint density at radius 2 is 1.88 bits per heavy atom. The lowest BCUT2D eigenvalue weighted by molar-refractivity contribution is 0.0983. The van der Waals surface area contributed by atoms with Gasteiger partial charge in [-0.1, -0.05) is 41.4 Å². The summed E-state index contributed by atoms with van der Waals surface area (Å²) in [7, 11) is 0. The SMILES string of the molecule is CCN(C(=O)c1ccnc(Nc2ccc(Cl)cc2Cl)n1)c1ccccc1. The number of halogens is 2. The number of para-hydroxylation sites is 1. The first-order chi connectivity index (χ1) is 12.6. The zero-order valence-electron chi connectivity index (χ0n) is 14.0. The van der Waals surface area contributed by atoms with Crippen molar-refractivity contribution in [1.82, 2.24) is 9.97 Å². The molecule has 3 aromatic rings. The Balaban J connectivity index is 1.85. The number of aromatic nitrogens is 2. The highest BCUT2D eigenvalue weighted by Crippen LogP contribution is 2.27. The third-order valence-electron chi connectivity index (χ3n) is 3.68. The molecule has 7 heteroatoms. The van der Waals surface area contributed by atoms with Crippen molar-refractivity contribution in [3.63, 3.8) is 0 Å². The lowest BCUT2D eigenvalue weighted by Gasteiger charge is -2.20. The van der Waals surface area contributed by atoms with Crippen LogP contribution in [0, 0.1) is 0 Å². The van der Waals surface area contributed by atoms with Gasteiger partial charge in [-0.25, -0.2) is 9.97 Å². The summed E-state index contributed by atoms with van der Waals surface area (Å²) in [5, 5.41) is 3.98. The average Bonchev–Trinajstić information content (AvgIpc) is 2.66. The van der Waals surface area contributed by atoms with E-state index in [0.29, 0.717) is 28.0 Å². The van der Waals surface area contributed by atoms with Crippen molar-refractivity contribution in [2.45, 2.75) is 6.92 Å². The van der Waals surface area contributed by atoms with E-state index in [-0.39, 0.29) is 11.9 Å². The molecule has 5 nitrogen and oxygen atoms in total. The summed E-state index contributed by atoms with van der Waals surface area (Å²) < 4.78 is 0. The Hall–Kier alpha value is -2.63. The van der Waals surface area contributed by atoms with Gasteiger partial charge in [-0.3, -0.25) is 4.79 Å². The predicted octanol–water partition coefficient (Wildman–Crippen LogP) is 5.19. The van der Waals surface area contributed by atoms with Crippen LogP contribution in [0.25, 0.3) is 0 Å². The molecule has 132 valence electrons. The fraction of sp³-hybridized carbons (Fsp3) is 0.105. The zero-order chi connectivity index (χ0) is 18.5. The number of benzene rings is 2. The zero-order valence-corrected chi connectivity index (χ0v) is 15.5. The van der Waals surface area contributed by atoms with Gasteiger partial charge in [-0.05, 0) is 43.3 Å². The number of hydrogen-bond acceptors (Lipinski definition) is 4. The first-order valence-corrected chi connectivity index (χ1v) is 8.76. The largest absolute Gasteiger partial charge is 0.323 e. The van der Waals surface area contributed by atoms with Crippen molar-refractivity contribution < 1.29 is 4.79 Å². The van der Waals surface area contributed by atoms with Gasteiger partial charge in [0.15, 0.2) is 0 Å². The van der Waals surface area contributed by atoms with Crippen LogP contribution in [0.3, 0.4) is 0 Å². The highest BCUT2D eigenvalue weighted by Gasteiger charge is 2.18. The molecule has 0 aliphatic heterocycles. The maximum Gasteiger partial charge on any atom is 0.277 e. The number of nitrogens with one attached hydrogen (secondary N) is 1. The van der Waals surface area contributed by atoms with Gasteiger partial charge in [0.25, 0.3) is 5.91 Å². The van der Waals surface area contributed by atoms with Crippen LogP contribution < -0.4 is 10.2 Å². The van der Waals surface area contributed by atoms with E-state index in [1.165, 1.54) is 6.20 Å². The first-order valence-electron chi connectivity index (χ1n) is 8.00. The molecule has 3 rings (SSSR count). The number of hydrogen-bond donors (Lipinski definition) is 1. The third kappa shape index (κ3) is 4.12. The fourth-order valence-electron chi connectivity index (χ4n) is 2.44. The first kappa shape index (κ1) is 18.2. The molecule has 0 spiro atoms. The summed E-state index contributed by atoms with van der Waals surface area (Å²) in [6.07, 6.45) is 1.53. The minimum Gasteiger partial charge on any atom is -0.323 e. The van der Waals surface area contributed by atoms with Gasteiger partial charge in [-0.15, -0.1) is 0 Å². The molecule has 0 radical (unpaired) electrons. The maximum absolute atomic E-state index is 12.9. The molecule has 0 saturated carbocycles. The number of nitrogens with zero attached hydrogens (tertiary/aromatic N) is 3. The molecule has 0 fully saturated rings. The van der Waals surface area contributed by atoms with Crippen LogP contribution in [0.1, 0.15) is 17.4 Å². The molecule has 0 saturated heterocycles. The normalized spacial score (nSPS) is 10.4. The summed E-state index contributed by atoms with van der Waals surface area (Å²) >= 11 is 12.1. The van der Waals surface area contributed by atoms with Crippen LogP contribution in [-0.2, 0) is 0 Å². The smallest absolute Gasteiger partial charge is 0.277 e. The van der Waals surface area contributed by atoms with Gasteiger partial charge in [0.2, 0.25) is 5.95 Å². The Bertz CT molecular complexity index is 918. The van der Waals surface area contributed by atoms with E-state index in [2.05, 4.69) is 15.3 Å². The van der Waals surface area contributed by atoms with Crippen molar-refractivity contribution >= 4 is 46.4 Å². The molecule has 1 aromatic heterocycles. The predicted molar refractivity (Wildman–Crippen MR) is 106 cm³/mol. The molecule has 1 N–H and O–H groups in total. The fourth-order valence-corrected chi connectivity index (χ4v) is 2.89. The molecule has 0 aliphatic carbocycles. The van der Waals surface area contributed by atoms with E-state index in [4.69, 9.17) is 23.2 Å². The summed E-state index contributed by atoms with van der Waals surface area (Å²) in [4.78, 5) is 23.0. The van der Waals surface area contributed by atoms with Crippen LogP contribution in [0.2, 0.25) is 10.0 Å². The summed E-state index contributed by atoms with van der Waals surface area (Å²) in [5.74, 6) is 0.0792. The van der Waals surface area contributed by atoms with Gasteiger partial charge in [0, 0.05) is 23.5 Å². The highest BCUT2D eigenvalue weighted by atomic mass is 35.5. The van der Waals surface area contributed by atoms with E-state index in [0.717, 1.165) is 5.69 Å². The lowest BCUT2D eigenvalue weighted by atomic mass is 10.2. The highest BCUT2D eigenvalue weighted by molar-refractivity contribution is 6.36. The standard InChI is InChI=1S/C19H16Cl2N4O/c1-2-25(14-6-4-3-5-7-14)18(26)17-10-11-22-19(24-17)23-16-9-8-13(20)12-15(16)21/h3-12H,2H2,1H3,(H,22,23,24). The monoisotopic (exact) mass is 386 g/mol. The van der Waals surface area contributed by atoms with Crippen LogP contribution in [0.5, 0.6) is 0 Å².